The highest BCUT2D eigenvalue weighted by molar-refractivity contribution is 6.34. The van der Waals surface area contributed by atoms with Crippen LogP contribution in [0.3, 0.4) is 0 Å². The van der Waals surface area contributed by atoms with E-state index in [4.69, 9.17) is 53.1 Å². The molecule has 2 fully saturated rings. The van der Waals surface area contributed by atoms with Gasteiger partial charge in [0.1, 0.15) is 41.3 Å². The lowest BCUT2D eigenvalue weighted by atomic mass is 10.1. The van der Waals surface area contributed by atoms with Gasteiger partial charge < -0.3 is 34.2 Å². The Labute approximate surface area is 400 Å². The second-order valence-electron chi connectivity index (χ2n) is 17.4. The molecule has 2 amide bonds. The van der Waals surface area contributed by atoms with Gasteiger partial charge in [0.2, 0.25) is 11.8 Å². The van der Waals surface area contributed by atoms with Crippen molar-refractivity contribution < 1.29 is 28.9 Å². The number of halogens is 2. The standard InChI is InChI=1S/2C24H23ClN6O3/c1-14-6-9-26-15(10-14)12-31-20(17-5-4-16(11-18(17)25)30(3)23(32)33)29-19-21(31)27-13-28-22(19)34-24(2)7-8-24;1-14-5-8-27-15(9-14)11-31-21(17-4-3-16(10-18(17)25)33-12-19(26)32)30-20-22(31)28-13-29-23(20)34-24(2)6-7-24/h4-6,9-11,13H,7-8,12H2,1-3H3,(H,32,33);3-5,8-10,13H,6-7,11-12H2,1-2H3,(H2,26,32). The maximum atomic E-state index is 11.4. The molecule has 0 bridgehead atoms. The number of aryl methyl sites for hydroxylation is 2. The van der Waals surface area contributed by atoms with Crippen molar-refractivity contribution in [1.29, 1.82) is 0 Å². The monoisotopic (exact) mass is 956 g/mol. The van der Waals surface area contributed by atoms with E-state index in [9.17, 15) is 14.7 Å². The van der Waals surface area contributed by atoms with E-state index >= 15 is 0 Å². The fourth-order valence-corrected chi connectivity index (χ4v) is 7.85. The Morgan fingerprint density at radius 3 is 1.62 bits per heavy atom. The molecule has 2 saturated carbocycles. The first-order valence-corrected chi connectivity index (χ1v) is 22.4. The van der Waals surface area contributed by atoms with Crippen LogP contribution in [0, 0.1) is 13.8 Å². The zero-order valence-electron chi connectivity index (χ0n) is 37.8. The summed E-state index contributed by atoms with van der Waals surface area (Å²) in [6.07, 6.45) is 9.29. The number of primary amides is 1. The predicted molar refractivity (Wildman–Crippen MR) is 255 cm³/mol. The molecule has 0 unspecified atom stereocenters. The molecule has 6 heterocycles. The number of fused-ring (bicyclic) bond motifs is 2. The number of carboxylic acid groups (broad SMARTS) is 1. The summed E-state index contributed by atoms with van der Waals surface area (Å²) < 4.78 is 21.6. The van der Waals surface area contributed by atoms with Crippen molar-refractivity contribution in [2.24, 2.45) is 5.73 Å². The van der Waals surface area contributed by atoms with E-state index in [2.05, 4.69) is 36.8 Å². The number of pyridine rings is 2. The molecule has 0 atom stereocenters. The molecule has 0 aliphatic heterocycles. The molecule has 2 aromatic carbocycles. The lowest BCUT2D eigenvalue weighted by Crippen LogP contribution is -2.23. The minimum absolute atomic E-state index is 0.222. The Morgan fingerprint density at radius 2 is 1.19 bits per heavy atom. The van der Waals surface area contributed by atoms with E-state index in [1.54, 1.807) is 48.8 Å². The second kappa shape index (κ2) is 18.3. The number of anilines is 1. The van der Waals surface area contributed by atoms with Crippen LogP contribution in [0.25, 0.3) is 45.1 Å². The van der Waals surface area contributed by atoms with Crippen molar-refractivity contribution in [3.8, 4) is 40.3 Å². The first-order chi connectivity index (χ1) is 32.5. The van der Waals surface area contributed by atoms with Gasteiger partial charge >= 0.3 is 6.09 Å². The average molecular weight is 958 g/mol. The van der Waals surface area contributed by atoms with E-state index in [1.165, 1.54) is 19.7 Å². The number of nitrogens with two attached hydrogens (primary N) is 1. The van der Waals surface area contributed by atoms with Crippen molar-refractivity contribution in [3.63, 3.8) is 0 Å². The number of aromatic nitrogens is 10. The summed E-state index contributed by atoms with van der Waals surface area (Å²) in [5.41, 5.74) is 12.7. The number of carbonyl (C=O) groups is 2. The highest BCUT2D eigenvalue weighted by Gasteiger charge is 2.42. The fourth-order valence-electron chi connectivity index (χ4n) is 7.34. The van der Waals surface area contributed by atoms with Gasteiger partial charge in [-0.1, -0.05) is 23.2 Å². The summed E-state index contributed by atoms with van der Waals surface area (Å²) >= 11 is 13.3. The van der Waals surface area contributed by atoms with E-state index in [-0.39, 0.29) is 17.8 Å². The molecule has 0 saturated heterocycles. The number of carbonyl (C=O) groups excluding carboxylic acids is 1. The minimum Gasteiger partial charge on any atom is -0.484 e. The van der Waals surface area contributed by atoms with E-state index in [1.807, 2.05) is 54.2 Å². The van der Waals surface area contributed by atoms with E-state index < -0.39 is 12.0 Å². The molecular weight excluding hydrogens is 912 g/mol. The molecule has 10 rings (SSSR count). The quantitative estimate of drug-likeness (QED) is 0.104. The van der Waals surface area contributed by atoms with Gasteiger partial charge in [-0.2, -0.15) is 9.97 Å². The Morgan fingerprint density at radius 1 is 0.706 bits per heavy atom. The molecular formula is C48H46Cl2N12O6. The van der Waals surface area contributed by atoms with Gasteiger partial charge in [0.05, 0.1) is 34.5 Å². The number of hydrogen-bond donors (Lipinski definition) is 2. The summed E-state index contributed by atoms with van der Waals surface area (Å²) in [5, 5.41) is 10.1. The van der Waals surface area contributed by atoms with Gasteiger partial charge in [-0.15, -0.1) is 0 Å². The van der Waals surface area contributed by atoms with Gasteiger partial charge in [-0.05, 0) is 125 Å². The largest absolute Gasteiger partial charge is 0.484 e. The fraction of sp³-hybridized carbons (Fsp3) is 0.292. The zero-order chi connectivity index (χ0) is 47.9. The molecule has 2 aliphatic rings. The number of rotatable bonds is 14. The molecule has 348 valence electrons. The third-order valence-corrected chi connectivity index (χ3v) is 12.2. The third kappa shape index (κ3) is 9.96. The average Bonchev–Trinajstić information content (AvgIpc) is 4.14. The van der Waals surface area contributed by atoms with Crippen LogP contribution in [0.15, 0.2) is 85.7 Å². The molecule has 20 heteroatoms. The molecule has 2 aliphatic carbocycles. The van der Waals surface area contributed by atoms with Crippen LogP contribution < -0.4 is 24.8 Å². The smallest absolute Gasteiger partial charge is 0.411 e. The van der Waals surface area contributed by atoms with Gasteiger partial charge in [-0.3, -0.25) is 19.7 Å². The number of ether oxygens (including phenoxy) is 3. The minimum atomic E-state index is -1.08. The van der Waals surface area contributed by atoms with Crippen LogP contribution in [0.4, 0.5) is 10.5 Å². The number of benzene rings is 2. The van der Waals surface area contributed by atoms with Crippen LogP contribution >= 0.6 is 23.2 Å². The molecule has 68 heavy (non-hydrogen) atoms. The number of nitrogens with zero attached hydrogens (tertiary/aromatic N) is 11. The van der Waals surface area contributed by atoms with Crippen LogP contribution in [-0.2, 0) is 17.9 Å². The summed E-state index contributed by atoms with van der Waals surface area (Å²) in [6, 6.07) is 18.1. The van der Waals surface area contributed by atoms with Crippen LogP contribution in [0.5, 0.6) is 17.5 Å². The Hall–Kier alpha value is -7.44. The molecule has 18 nitrogen and oxygen atoms in total. The predicted octanol–water partition coefficient (Wildman–Crippen LogP) is 8.64. The summed E-state index contributed by atoms with van der Waals surface area (Å²) in [7, 11) is 1.46. The SMILES string of the molecule is Cc1ccnc(Cn2c(-c3ccc(N(C)C(=O)O)cc3Cl)nc3c(OC4(C)CC4)ncnc32)c1.Cc1ccnc(Cn2c(-c3ccc(OCC(N)=O)cc3Cl)nc3c(OC4(C)CC4)ncnc32)c1. The number of imidazole rings is 2. The van der Waals surface area contributed by atoms with Gasteiger partial charge in [0, 0.05) is 36.3 Å². The van der Waals surface area contributed by atoms with Crippen molar-refractivity contribution in [2.45, 2.75) is 77.7 Å². The summed E-state index contributed by atoms with van der Waals surface area (Å²) in [6.45, 7) is 8.73. The Bertz CT molecular complexity index is 3240. The van der Waals surface area contributed by atoms with Crippen LogP contribution in [0.2, 0.25) is 10.0 Å². The molecule has 0 spiro atoms. The maximum Gasteiger partial charge on any atom is 0.411 e. The van der Waals surface area contributed by atoms with Crippen LogP contribution in [-0.4, -0.2) is 91.0 Å². The zero-order valence-corrected chi connectivity index (χ0v) is 39.3. The highest BCUT2D eigenvalue weighted by atomic mass is 35.5. The van der Waals surface area contributed by atoms with Crippen molar-refractivity contribution in [2.75, 3.05) is 18.6 Å². The first kappa shape index (κ1) is 45.7. The second-order valence-corrected chi connectivity index (χ2v) is 18.2. The first-order valence-electron chi connectivity index (χ1n) is 21.7. The molecule has 0 radical (unpaired) electrons. The molecule has 3 N–H and O–H groups in total. The van der Waals surface area contributed by atoms with Gasteiger partial charge in [0.25, 0.3) is 5.91 Å². The normalized spacial score (nSPS) is 14.2. The topological polar surface area (TPSA) is 224 Å². The summed E-state index contributed by atoms with van der Waals surface area (Å²) in [5.74, 6) is 1.90. The lowest BCUT2D eigenvalue weighted by Gasteiger charge is -2.15. The molecule has 6 aromatic heterocycles. The molecule has 8 aromatic rings. The Balaban J connectivity index is 0.000000170. The summed E-state index contributed by atoms with van der Waals surface area (Å²) in [4.78, 5) is 60.0. The third-order valence-electron chi connectivity index (χ3n) is 11.6. The van der Waals surface area contributed by atoms with Crippen molar-refractivity contribution >= 4 is 63.2 Å². The Kier molecular flexibility index (Phi) is 12.3. The van der Waals surface area contributed by atoms with E-state index in [0.717, 1.165) is 53.1 Å². The van der Waals surface area contributed by atoms with E-state index in [0.29, 0.717) is 91.4 Å². The maximum absolute atomic E-state index is 11.4. The van der Waals surface area contributed by atoms with Gasteiger partial charge in [0.15, 0.2) is 28.9 Å². The van der Waals surface area contributed by atoms with Gasteiger partial charge in [-0.25, -0.2) is 24.7 Å². The van der Waals surface area contributed by atoms with Crippen molar-refractivity contribution in [1.82, 2.24) is 49.0 Å². The highest BCUT2D eigenvalue weighted by Crippen LogP contribution is 2.43. The van der Waals surface area contributed by atoms with Crippen molar-refractivity contribution in [3.05, 3.63) is 118 Å². The number of amides is 2. The lowest BCUT2D eigenvalue weighted by molar-refractivity contribution is -0.119. The van der Waals surface area contributed by atoms with Crippen LogP contribution in [0.1, 0.15) is 62.0 Å². The number of hydrogen-bond acceptors (Lipinski definition) is 13.